The number of aryl methyl sites for hydroxylation is 1. The average Bonchev–Trinajstić information content (AvgIpc) is 3.30. The second kappa shape index (κ2) is 9.09. The van der Waals surface area contributed by atoms with Crippen LogP contribution in [-0.4, -0.2) is 35.5 Å². The second-order valence-corrected chi connectivity index (χ2v) is 8.15. The summed E-state index contributed by atoms with van der Waals surface area (Å²) in [7, 11) is 0. The molecule has 29 heavy (non-hydrogen) atoms. The van der Waals surface area contributed by atoms with Gasteiger partial charge in [0.15, 0.2) is 6.61 Å². The Bertz CT molecular complexity index is 924. The topological polar surface area (TPSA) is 51.7 Å². The van der Waals surface area contributed by atoms with Gasteiger partial charge in [0.2, 0.25) is 0 Å². The van der Waals surface area contributed by atoms with Gasteiger partial charge in [-0.25, -0.2) is 4.98 Å². The molecule has 1 amide bonds. The van der Waals surface area contributed by atoms with Crippen LogP contribution >= 0.6 is 11.3 Å². The van der Waals surface area contributed by atoms with Gasteiger partial charge in [0.05, 0.1) is 5.01 Å². The third-order valence-electron chi connectivity index (χ3n) is 5.02. The fourth-order valence-corrected chi connectivity index (χ4v) is 4.19. The van der Waals surface area contributed by atoms with Gasteiger partial charge < -0.3 is 14.4 Å². The summed E-state index contributed by atoms with van der Waals surface area (Å²) in [6.07, 6.45) is 3.91. The van der Waals surface area contributed by atoms with Crippen LogP contribution in [0.5, 0.6) is 17.2 Å². The molecule has 1 fully saturated rings. The number of nitrogens with zero attached hydrogens (tertiary/aromatic N) is 2. The van der Waals surface area contributed by atoms with Gasteiger partial charge in [0.25, 0.3) is 5.91 Å². The van der Waals surface area contributed by atoms with Gasteiger partial charge in [-0.15, -0.1) is 11.3 Å². The number of ether oxygens (including phenoxy) is 2. The number of rotatable bonds is 6. The maximum absolute atomic E-state index is 12.6. The number of carbonyl (C=O) groups is 1. The van der Waals surface area contributed by atoms with Crippen LogP contribution < -0.4 is 9.47 Å². The van der Waals surface area contributed by atoms with Crippen LogP contribution in [0.4, 0.5) is 0 Å². The molecule has 3 aromatic rings. The molecule has 0 saturated carbocycles. The van der Waals surface area contributed by atoms with Crippen LogP contribution in [0.25, 0.3) is 0 Å². The Balaban J connectivity index is 1.28. The van der Waals surface area contributed by atoms with Crippen molar-refractivity contribution in [2.45, 2.75) is 25.7 Å². The van der Waals surface area contributed by atoms with Crippen molar-refractivity contribution >= 4 is 17.2 Å². The van der Waals surface area contributed by atoms with Gasteiger partial charge in [-0.1, -0.05) is 17.7 Å². The number of aromatic nitrogens is 1. The maximum Gasteiger partial charge on any atom is 0.260 e. The molecule has 6 heteroatoms. The monoisotopic (exact) mass is 408 g/mol. The first-order valence-electron chi connectivity index (χ1n) is 9.82. The van der Waals surface area contributed by atoms with E-state index in [2.05, 4.69) is 4.98 Å². The van der Waals surface area contributed by atoms with Crippen molar-refractivity contribution in [3.63, 3.8) is 0 Å². The highest BCUT2D eigenvalue weighted by Crippen LogP contribution is 2.28. The van der Waals surface area contributed by atoms with Gasteiger partial charge >= 0.3 is 0 Å². The highest BCUT2D eigenvalue weighted by molar-refractivity contribution is 7.09. The first-order valence-corrected chi connectivity index (χ1v) is 10.7. The molecule has 1 saturated heterocycles. The minimum Gasteiger partial charge on any atom is -0.484 e. The van der Waals surface area contributed by atoms with Gasteiger partial charge in [-0.05, 0) is 56.2 Å². The number of likely N-dealkylation sites (tertiary alicyclic amines) is 1. The lowest BCUT2D eigenvalue weighted by Crippen LogP contribution is -2.41. The summed E-state index contributed by atoms with van der Waals surface area (Å²) >= 11 is 1.66. The highest BCUT2D eigenvalue weighted by atomic mass is 32.1. The fraction of sp³-hybridized carbons (Fsp3) is 0.304. The smallest absolute Gasteiger partial charge is 0.260 e. The Labute approximate surface area is 174 Å². The van der Waals surface area contributed by atoms with Crippen molar-refractivity contribution in [1.29, 1.82) is 0 Å². The molecule has 150 valence electrons. The summed E-state index contributed by atoms with van der Waals surface area (Å²) < 4.78 is 11.5. The molecule has 0 spiro atoms. The predicted octanol–water partition coefficient (Wildman–Crippen LogP) is 5.03. The minimum absolute atomic E-state index is 0.0197. The first kappa shape index (κ1) is 19.5. The quantitative estimate of drug-likeness (QED) is 0.574. The van der Waals surface area contributed by atoms with Crippen molar-refractivity contribution in [2.75, 3.05) is 19.7 Å². The third kappa shape index (κ3) is 5.15. The lowest BCUT2D eigenvalue weighted by molar-refractivity contribution is -0.134. The number of hydrogen-bond donors (Lipinski definition) is 0. The second-order valence-electron chi connectivity index (χ2n) is 7.22. The maximum atomic E-state index is 12.6. The number of hydrogen-bond acceptors (Lipinski definition) is 5. The Hall–Kier alpha value is -2.86. The van der Waals surface area contributed by atoms with Gasteiger partial charge in [0, 0.05) is 30.6 Å². The molecule has 0 N–H and O–H groups in total. The van der Waals surface area contributed by atoms with Crippen LogP contribution in [0.3, 0.4) is 0 Å². The van der Waals surface area contributed by atoms with Crippen LogP contribution in [0, 0.1) is 6.92 Å². The first-order chi connectivity index (χ1) is 14.2. The van der Waals surface area contributed by atoms with Crippen molar-refractivity contribution in [2.24, 2.45) is 0 Å². The van der Waals surface area contributed by atoms with E-state index in [9.17, 15) is 4.79 Å². The normalized spacial score (nSPS) is 16.4. The summed E-state index contributed by atoms with van der Waals surface area (Å²) in [5.41, 5.74) is 1.19. The predicted molar refractivity (Wildman–Crippen MR) is 114 cm³/mol. The molecule has 5 nitrogen and oxygen atoms in total. The number of amides is 1. The molecule has 1 aromatic heterocycles. The van der Waals surface area contributed by atoms with E-state index < -0.39 is 0 Å². The van der Waals surface area contributed by atoms with Gasteiger partial charge in [-0.2, -0.15) is 0 Å². The van der Waals surface area contributed by atoms with E-state index in [1.807, 2.05) is 71.9 Å². The van der Waals surface area contributed by atoms with E-state index in [4.69, 9.17) is 9.47 Å². The van der Waals surface area contributed by atoms with E-state index in [1.165, 1.54) is 5.56 Å². The number of carbonyl (C=O) groups excluding carboxylic acids is 1. The Morgan fingerprint density at radius 2 is 1.79 bits per heavy atom. The SMILES string of the molecule is Cc1ccc(Oc2ccc(OCC(=O)N3CCCC(c4nccs4)C3)cc2)cc1. The molecule has 0 aliphatic carbocycles. The zero-order chi connectivity index (χ0) is 20.1. The molecule has 4 rings (SSSR count). The zero-order valence-corrected chi connectivity index (χ0v) is 17.2. The summed E-state index contributed by atoms with van der Waals surface area (Å²) in [5, 5.41) is 3.11. The van der Waals surface area contributed by atoms with Gasteiger partial charge in [0.1, 0.15) is 17.2 Å². The molecule has 1 aliphatic heterocycles. The number of piperidine rings is 1. The van der Waals surface area contributed by atoms with Gasteiger partial charge in [-0.3, -0.25) is 4.79 Å². The van der Waals surface area contributed by atoms with Crippen molar-refractivity contribution in [3.8, 4) is 17.2 Å². The molecule has 0 radical (unpaired) electrons. The van der Waals surface area contributed by atoms with Crippen LogP contribution in [0.15, 0.2) is 60.1 Å². The molecular weight excluding hydrogens is 384 g/mol. The van der Waals surface area contributed by atoms with E-state index >= 15 is 0 Å². The third-order valence-corrected chi connectivity index (χ3v) is 5.96. The Kier molecular flexibility index (Phi) is 6.10. The number of benzene rings is 2. The molecular formula is C23H24N2O3S. The summed E-state index contributed by atoms with van der Waals surface area (Å²) in [6.45, 7) is 3.59. The fourth-order valence-electron chi connectivity index (χ4n) is 3.42. The van der Waals surface area contributed by atoms with E-state index in [0.717, 1.165) is 42.4 Å². The highest BCUT2D eigenvalue weighted by Gasteiger charge is 2.26. The van der Waals surface area contributed by atoms with Crippen molar-refractivity contribution in [1.82, 2.24) is 9.88 Å². The summed E-state index contributed by atoms with van der Waals surface area (Å²) in [6, 6.07) is 15.2. The lowest BCUT2D eigenvalue weighted by atomic mass is 9.99. The molecule has 1 atom stereocenters. The van der Waals surface area contributed by atoms with Crippen molar-refractivity contribution in [3.05, 3.63) is 70.7 Å². The Morgan fingerprint density at radius 3 is 2.48 bits per heavy atom. The van der Waals surface area contributed by atoms with Crippen LogP contribution in [0.2, 0.25) is 0 Å². The molecule has 2 heterocycles. The average molecular weight is 409 g/mol. The van der Waals surface area contributed by atoms with E-state index in [0.29, 0.717) is 11.7 Å². The molecule has 2 aromatic carbocycles. The zero-order valence-electron chi connectivity index (χ0n) is 16.4. The summed E-state index contributed by atoms with van der Waals surface area (Å²) in [4.78, 5) is 18.9. The van der Waals surface area contributed by atoms with E-state index in [1.54, 1.807) is 11.3 Å². The van der Waals surface area contributed by atoms with Crippen LogP contribution in [-0.2, 0) is 4.79 Å². The number of thiazole rings is 1. The molecule has 0 bridgehead atoms. The van der Waals surface area contributed by atoms with Crippen LogP contribution in [0.1, 0.15) is 29.3 Å². The van der Waals surface area contributed by atoms with Crippen molar-refractivity contribution < 1.29 is 14.3 Å². The minimum atomic E-state index is 0.0197. The lowest BCUT2D eigenvalue weighted by Gasteiger charge is -2.31. The Morgan fingerprint density at radius 1 is 1.10 bits per heavy atom. The standard InChI is InChI=1S/C23H24N2O3S/c1-17-4-6-20(7-5-17)28-21-10-8-19(9-11-21)27-16-22(26)25-13-2-3-18(15-25)23-24-12-14-29-23/h4-12,14,18H,2-3,13,15-16H2,1H3. The molecule has 1 unspecified atom stereocenters. The largest absolute Gasteiger partial charge is 0.484 e. The van der Waals surface area contributed by atoms with E-state index in [-0.39, 0.29) is 12.5 Å². The molecule has 1 aliphatic rings. The summed E-state index contributed by atoms with van der Waals surface area (Å²) in [5.74, 6) is 2.54.